The SMILES string of the molecule is CC(C)NS(=O)(=O)c1ccc(NC(=O)CN2CCSC2=O)cc1. The number of carbonyl (C=O) groups is 2. The molecule has 9 heteroatoms. The zero-order valence-corrected chi connectivity index (χ0v) is 14.5. The van der Waals surface area contributed by atoms with Crippen molar-refractivity contribution in [2.45, 2.75) is 24.8 Å². The molecule has 0 radical (unpaired) electrons. The van der Waals surface area contributed by atoms with E-state index >= 15 is 0 Å². The fraction of sp³-hybridized carbons (Fsp3) is 0.429. The molecule has 1 aliphatic heterocycles. The number of thioether (sulfide) groups is 1. The highest BCUT2D eigenvalue weighted by Gasteiger charge is 2.23. The molecule has 126 valence electrons. The molecule has 1 fully saturated rings. The van der Waals surface area contributed by atoms with Crippen LogP contribution in [0.4, 0.5) is 10.5 Å². The zero-order chi connectivity index (χ0) is 17.0. The highest BCUT2D eigenvalue weighted by Crippen LogP contribution is 2.18. The first-order valence-electron chi connectivity index (χ1n) is 7.12. The molecule has 0 atom stereocenters. The monoisotopic (exact) mass is 357 g/mol. The van der Waals surface area contributed by atoms with Crippen LogP contribution in [-0.4, -0.2) is 49.3 Å². The summed E-state index contributed by atoms with van der Waals surface area (Å²) in [6.07, 6.45) is 0. The van der Waals surface area contributed by atoms with Gasteiger partial charge in [0.05, 0.1) is 4.90 Å². The predicted octanol–water partition coefficient (Wildman–Crippen LogP) is 1.48. The molecule has 0 aliphatic carbocycles. The molecule has 0 spiro atoms. The average Bonchev–Trinajstić information content (AvgIpc) is 2.83. The van der Waals surface area contributed by atoms with Crippen LogP contribution in [0.2, 0.25) is 0 Å². The number of sulfonamides is 1. The third-order valence-corrected chi connectivity index (χ3v) is 5.58. The number of nitrogens with one attached hydrogen (secondary N) is 2. The zero-order valence-electron chi connectivity index (χ0n) is 12.9. The van der Waals surface area contributed by atoms with Crippen LogP contribution >= 0.6 is 11.8 Å². The van der Waals surface area contributed by atoms with Gasteiger partial charge in [0, 0.05) is 24.0 Å². The summed E-state index contributed by atoms with van der Waals surface area (Å²) >= 11 is 1.20. The number of hydrogen-bond donors (Lipinski definition) is 2. The maximum atomic E-state index is 12.0. The average molecular weight is 357 g/mol. The largest absolute Gasteiger partial charge is 0.325 e. The van der Waals surface area contributed by atoms with Gasteiger partial charge in [-0.25, -0.2) is 13.1 Å². The Morgan fingerprint density at radius 1 is 1.30 bits per heavy atom. The van der Waals surface area contributed by atoms with Crippen LogP contribution < -0.4 is 10.0 Å². The van der Waals surface area contributed by atoms with E-state index in [1.165, 1.54) is 40.9 Å². The number of benzene rings is 1. The van der Waals surface area contributed by atoms with Crippen molar-refractivity contribution in [3.63, 3.8) is 0 Å². The Kier molecular flexibility index (Phi) is 5.66. The van der Waals surface area contributed by atoms with Crippen LogP contribution in [0.1, 0.15) is 13.8 Å². The molecule has 1 heterocycles. The second-order valence-electron chi connectivity index (χ2n) is 5.38. The first-order chi connectivity index (χ1) is 10.8. The maximum absolute atomic E-state index is 12.0. The highest BCUT2D eigenvalue weighted by molar-refractivity contribution is 8.13. The van der Waals surface area contributed by atoms with E-state index in [-0.39, 0.29) is 28.6 Å². The maximum Gasteiger partial charge on any atom is 0.282 e. The van der Waals surface area contributed by atoms with E-state index in [0.717, 1.165) is 0 Å². The minimum Gasteiger partial charge on any atom is -0.325 e. The van der Waals surface area contributed by atoms with Crippen molar-refractivity contribution in [1.82, 2.24) is 9.62 Å². The molecule has 2 amide bonds. The Morgan fingerprint density at radius 2 is 1.96 bits per heavy atom. The third kappa shape index (κ3) is 4.95. The number of nitrogens with zero attached hydrogens (tertiary/aromatic N) is 1. The van der Waals surface area contributed by atoms with Crippen molar-refractivity contribution in [1.29, 1.82) is 0 Å². The first-order valence-corrected chi connectivity index (χ1v) is 9.59. The second kappa shape index (κ2) is 7.33. The van der Waals surface area contributed by atoms with E-state index in [4.69, 9.17) is 0 Å². The van der Waals surface area contributed by atoms with E-state index in [1.807, 2.05) is 0 Å². The van der Waals surface area contributed by atoms with E-state index in [2.05, 4.69) is 10.0 Å². The summed E-state index contributed by atoms with van der Waals surface area (Å²) in [6.45, 7) is 4.05. The summed E-state index contributed by atoms with van der Waals surface area (Å²) in [4.78, 5) is 24.9. The van der Waals surface area contributed by atoms with E-state index in [0.29, 0.717) is 18.0 Å². The number of rotatable bonds is 6. The topological polar surface area (TPSA) is 95.6 Å². The lowest BCUT2D eigenvalue weighted by Crippen LogP contribution is -2.33. The Morgan fingerprint density at radius 3 is 2.48 bits per heavy atom. The standard InChI is InChI=1S/C14H19N3O4S2/c1-10(2)16-23(20,21)12-5-3-11(4-6-12)15-13(18)9-17-7-8-22-14(17)19/h3-6,10,16H,7-9H2,1-2H3,(H,15,18). The molecule has 1 aromatic rings. The van der Waals surface area contributed by atoms with Crippen molar-refractivity contribution >= 4 is 38.6 Å². The molecule has 7 nitrogen and oxygen atoms in total. The molecular weight excluding hydrogens is 338 g/mol. The lowest BCUT2D eigenvalue weighted by atomic mass is 10.3. The lowest BCUT2D eigenvalue weighted by Gasteiger charge is -2.14. The number of anilines is 1. The molecule has 2 N–H and O–H groups in total. The summed E-state index contributed by atoms with van der Waals surface area (Å²) in [5.74, 6) is 0.387. The third-order valence-electron chi connectivity index (χ3n) is 3.02. The summed E-state index contributed by atoms with van der Waals surface area (Å²) < 4.78 is 26.5. The van der Waals surface area contributed by atoms with Gasteiger partial charge in [-0.05, 0) is 38.1 Å². The van der Waals surface area contributed by atoms with Crippen molar-refractivity contribution in [2.75, 3.05) is 24.2 Å². The first kappa shape index (κ1) is 17.8. The minimum atomic E-state index is -3.55. The quantitative estimate of drug-likeness (QED) is 0.804. The van der Waals surface area contributed by atoms with Crippen molar-refractivity contribution in [2.24, 2.45) is 0 Å². The van der Waals surface area contributed by atoms with E-state index in [9.17, 15) is 18.0 Å². The molecule has 1 saturated heterocycles. The van der Waals surface area contributed by atoms with Gasteiger partial charge in [-0.2, -0.15) is 0 Å². The van der Waals surface area contributed by atoms with Crippen LogP contribution in [0.3, 0.4) is 0 Å². The number of hydrogen-bond acceptors (Lipinski definition) is 5. The summed E-state index contributed by atoms with van der Waals surface area (Å²) in [7, 11) is -3.55. The van der Waals surface area contributed by atoms with Gasteiger partial charge in [-0.1, -0.05) is 11.8 Å². The van der Waals surface area contributed by atoms with Gasteiger partial charge in [0.15, 0.2) is 0 Å². The van der Waals surface area contributed by atoms with Crippen LogP contribution in [-0.2, 0) is 14.8 Å². The highest BCUT2D eigenvalue weighted by atomic mass is 32.2. The molecule has 0 saturated carbocycles. The van der Waals surface area contributed by atoms with Crippen molar-refractivity contribution < 1.29 is 18.0 Å². The van der Waals surface area contributed by atoms with Crippen molar-refractivity contribution in [3.05, 3.63) is 24.3 Å². The fourth-order valence-corrected chi connectivity index (χ4v) is 4.11. The lowest BCUT2D eigenvalue weighted by molar-refractivity contribution is -0.116. The predicted molar refractivity (Wildman–Crippen MR) is 90.0 cm³/mol. The smallest absolute Gasteiger partial charge is 0.282 e. The van der Waals surface area contributed by atoms with Gasteiger partial charge < -0.3 is 10.2 Å². The van der Waals surface area contributed by atoms with Crippen LogP contribution in [0, 0.1) is 0 Å². The molecule has 1 aromatic carbocycles. The van der Waals surface area contributed by atoms with Gasteiger partial charge in [-0.3, -0.25) is 9.59 Å². The van der Waals surface area contributed by atoms with Gasteiger partial charge in [0.2, 0.25) is 15.9 Å². The Hall–Kier alpha value is -1.58. The molecular formula is C14H19N3O4S2. The number of carbonyl (C=O) groups excluding carboxylic acids is 2. The Labute approximate surface area is 139 Å². The molecule has 0 unspecified atom stereocenters. The normalized spacial score (nSPS) is 15.3. The van der Waals surface area contributed by atoms with Gasteiger partial charge >= 0.3 is 0 Å². The summed E-state index contributed by atoms with van der Waals surface area (Å²) in [5.41, 5.74) is 0.484. The Balaban J connectivity index is 1.97. The van der Waals surface area contributed by atoms with Gasteiger partial charge in [-0.15, -0.1) is 0 Å². The van der Waals surface area contributed by atoms with Crippen LogP contribution in [0.15, 0.2) is 29.2 Å². The van der Waals surface area contributed by atoms with Crippen molar-refractivity contribution in [3.8, 4) is 0 Å². The van der Waals surface area contributed by atoms with Crippen LogP contribution in [0.5, 0.6) is 0 Å². The van der Waals surface area contributed by atoms with E-state index in [1.54, 1.807) is 13.8 Å². The Bertz CT molecular complexity index is 686. The minimum absolute atomic E-state index is 0.000782. The summed E-state index contributed by atoms with van der Waals surface area (Å²) in [5, 5.41) is 2.56. The fourth-order valence-electron chi connectivity index (χ4n) is 2.04. The molecule has 23 heavy (non-hydrogen) atoms. The van der Waals surface area contributed by atoms with Gasteiger partial charge in [0.25, 0.3) is 5.24 Å². The molecule has 0 bridgehead atoms. The molecule has 2 rings (SSSR count). The summed E-state index contributed by atoms with van der Waals surface area (Å²) in [6, 6.07) is 5.70. The van der Waals surface area contributed by atoms with Gasteiger partial charge in [0.1, 0.15) is 6.54 Å². The van der Waals surface area contributed by atoms with Crippen LogP contribution in [0.25, 0.3) is 0 Å². The second-order valence-corrected chi connectivity index (χ2v) is 8.14. The van der Waals surface area contributed by atoms with E-state index < -0.39 is 10.0 Å². The molecule has 1 aliphatic rings. The molecule has 0 aromatic heterocycles. The number of amides is 2.